The van der Waals surface area contributed by atoms with Crippen molar-refractivity contribution >= 4 is 17.5 Å². The lowest BCUT2D eigenvalue weighted by Crippen LogP contribution is -2.54. The van der Waals surface area contributed by atoms with Gasteiger partial charge in [-0.2, -0.15) is 0 Å². The summed E-state index contributed by atoms with van der Waals surface area (Å²) >= 11 is 5.89. The van der Waals surface area contributed by atoms with Crippen LogP contribution in [-0.4, -0.2) is 61.1 Å². The predicted octanol–water partition coefficient (Wildman–Crippen LogP) is 2.47. The van der Waals surface area contributed by atoms with E-state index in [0.29, 0.717) is 11.6 Å². The van der Waals surface area contributed by atoms with Crippen molar-refractivity contribution in [3.05, 3.63) is 65.2 Å². The zero-order valence-electron chi connectivity index (χ0n) is 16.4. The standard InChI is InChI=1S/C22H27ClN4O2/c23-18-6-8-19(9-7-18)29-15-14-26-10-12-27(13-11-26)22(28)21-16-20(24-25-21)17-4-2-1-3-5-17/h1-9,20-21,24-25H,10-16H2. The van der Waals surface area contributed by atoms with Crippen molar-refractivity contribution in [3.63, 3.8) is 0 Å². The van der Waals surface area contributed by atoms with Crippen LogP contribution < -0.4 is 15.6 Å². The molecular formula is C22H27ClN4O2. The molecular weight excluding hydrogens is 388 g/mol. The maximum absolute atomic E-state index is 12.9. The Morgan fingerprint density at radius 2 is 1.72 bits per heavy atom. The van der Waals surface area contributed by atoms with Gasteiger partial charge in [0.25, 0.3) is 0 Å². The maximum Gasteiger partial charge on any atom is 0.241 e. The van der Waals surface area contributed by atoms with Gasteiger partial charge in [-0.05, 0) is 36.2 Å². The molecule has 2 heterocycles. The van der Waals surface area contributed by atoms with E-state index in [0.717, 1.165) is 44.9 Å². The molecule has 2 N–H and O–H groups in total. The second-order valence-electron chi connectivity index (χ2n) is 7.51. The summed E-state index contributed by atoms with van der Waals surface area (Å²) in [5.74, 6) is 1.02. The molecule has 0 aromatic heterocycles. The highest BCUT2D eigenvalue weighted by Gasteiger charge is 2.33. The van der Waals surface area contributed by atoms with Crippen LogP contribution in [0, 0.1) is 0 Å². The molecule has 6 nitrogen and oxygen atoms in total. The Balaban J connectivity index is 1.18. The van der Waals surface area contributed by atoms with Crippen molar-refractivity contribution in [1.82, 2.24) is 20.7 Å². The first-order valence-electron chi connectivity index (χ1n) is 10.1. The Kier molecular flexibility index (Phi) is 6.67. The first-order chi connectivity index (χ1) is 14.2. The van der Waals surface area contributed by atoms with Gasteiger partial charge in [0, 0.05) is 43.8 Å². The van der Waals surface area contributed by atoms with E-state index < -0.39 is 0 Å². The number of hydrogen-bond acceptors (Lipinski definition) is 5. The summed E-state index contributed by atoms with van der Waals surface area (Å²) in [4.78, 5) is 17.2. The van der Waals surface area contributed by atoms with Crippen molar-refractivity contribution in [2.45, 2.75) is 18.5 Å². The fourth-order valence-electron chi connectivity index (χ4n) is 3.86. The largest absolute Gasteiger partial charge is 0.492 e. The Hall–Kier alpha value is -2.12. The van der Waals surface area contributed by atoms with Gasteiger partial charge in [-0.15, -0.1) is 0 Å². The van der Waals surface area contributed by atoms with Crippen molar-refractivity contribution in [1.29, 1.82) is 0 Å². The summed E-state index contributed by atoms with van der Waals surface area (Å²) in [7, 11) is 0. The molecule has 2 fully saturated rings. The minimum absolute atomic E-state index is 0.167. The van der Waals surface area contributed by atoms with Crippen LogP contribution in [0.3, 0.4) is 0 Å². The molecule has 0 saturated carbocycles. The second-order valence-corrected chi connectivity index (χ2v) is 7.95. The van der Waals surface area contributed by atoms with E-state index in [4.69, 9.17) is 16.3 Å². The minimum atomic E-state index is -0.167. The SMILES string of the molecule is O=C(C1CC(c2ccccc2)NN1)N1CCN(CCOc2ccc(Cl)cc2)CC1. The molecule has 2 aromatic carbocycles. The van der Waals surface area contributed by atoms with E-state index in [-0.39, 0.29) is 18.0 Å². The molecule has 4 rings (SSSR count). The molecule has 0 aliphatic carbocycles. The number of rotatable bonds is 6. The first kappa shape index (κ1) is 20.2. The normalized spacial score (nSPS) is 22.6. The maximum atomic E-state index is 12.9. The van der Waals surface area contributed by atoms with Gasteiger partial charge >= 0.3 is 0 Å². The molecule has 2 unspecified atom stereocenters. The number of ether oxygens (including phenoxy) is 1. The van der Waals surface area contributed by atoms with Crippen LogP contribution in [0.2, 0.25) is 5.02 Å². The summed E-state index contributed by atoms with van der Waals surface area (Å²) in [5, 5.41) is 0.709. The van der Waals surface area contributed by atoms with Crippen molar-refractivity contribution < 1.29 is 9.53 Å². The Labute approximate surface area is 176 Å². The van der Waals surface area contributed by atoms with Crippen LogP contribution in [0.25, 0.3) is 0 Å². The molecule has 154 valence electrons. The Morgan fingerprint density at radius 3 is 2.45 bits per heavy atom. The molecule has 0 spiro atoms. The van der Waals surface area contributed by atoms with E-state index in [1.54, 1.807) is 0 Å². The van der Waals surface area contributed by atoms with E-state index >= 15 is 0 Å². The average Bonchev–Trinajstić information content (AvgIpc) is 3.26. The van der Waals surface area contributed by atoms with Crippen LogP contribution in [0.5, 0.6) is 5.75 Å². The van der Waals surface area contributed by atoms with Gasteiger partial charge in [0.2, 0.25) is 5.91 Å². The smallest absolute Gasteiger partial charge is 0.241 e. The van der Waals surface area contributed by atoms with E-state index in [1.807, 2.05) is 47.4 Å². The topological polar surface area (TPSA) is 56.8 Å². The number of halogens is 1. The minimum Gasteiger partial charge on any atom is -0.492 e. The van der Waals surface area contributed by atoms with Gasteiger partial charge in [0.05, 0.1) is 0 Å². The molecule has 2 aromatic rings. The number of nitrogens with one attached hydrogen (secondary N) is 2. The quantitative estimate of drug-likeness (QED) is 0.760. The third-order valence-corrected chi connectivity index (χ3v) is 5.83. The van der Waals surface area contributed by atoms with E-state index in [9.17, 15) is 4.79 Å². The highest BCUT2D eigenvalue weighted by atomic mass is 35.5. The lowest BCUT2D eigenvalue weighted by Gasteiger charge is -2.35. The molecule has 0 radical (unpaired) electrons. The number of nitrogens with zero attached hydrogens (tertiary/aromatic N) is 2. The zero-order chi connectivity index (χ0) is 20.1. The monoisotopic (exact) mass is 414 g/mol. The van der Waals surface area contributed by atoms with Crippen molar-refractivity contribution in [2.75, 3.05) is 39.3 Å². The van der Waals surface area contributed by atoms with E-state index in [1.165, 1.54) is 5.56 Å². The zero-order valence-corrected chi connectivity index (χ0v) is 17.1. The second kappa shape index (κ2) is 9.59. The number of piperazine rings is 1. The lowest BCUT2D eigenvalue weighted by molar-refractivity contribution is -0.135. The molecule has 7 heteroatoms. The van der Waals surface area contributed by atoms with Gasteiger partial charge < -0.3 is 9.64 Å². The van der Waals surface area contributed by atoms with Crippen LogP contribution in [0.4, 0.5) is 0 Å². The van der Waals surface area contributed by atoms with Crippen LogP contribution in [-0.2, 0) is 4.79 Å². The van der Waals surface area contributed by atoms with Crippen molar-refractivity contribution in [2.24, 2.45) is 0 Å². The highest BCUT2D eigenvalue weighted by molar-refractivity contribution is 6.30. The molecule has 2 aliphatic rings. The summed E-state index contributed by atoms with van der Waals surface area (Å²) in [6.45, 7) is 4.74. The van der Waals surface area contributed by atoms with Crippen LogP contribution in [0.15, 0.2) is 54.6 Å². The van der Waals surface area contributed by atoms with Gasteiger partial charge in [-0.3, -0.25) is 9.69 Å². The van der Waals surface area contributed by atoms with Gasteiger partial charge in [0.15, 0.2) is 0 Å². The van der Waals surface area contributed by atoms with Gasteiger partial charge in [0.1, 0.15) is 18.4 Å². The number of carbonyl (C=O) groups excluding carboxylic acids is 1. The summed E-state index contributed by atoms with van der Waals surface area (Å²) < 4.78 is 5.77. The molecule has 2 aliphatic heterocycles. The summed E-state index contributed by atoms with van der Waals surface area (Å²) in [5.41, 5.74) is 7.66. The Bertz CT molecular complexity index is 794. The Morgan fingerprint density at radius 1 is 1.00 bits per heavy atom. The van der Waals surface area contributed by atoms with Gasteiger partial charge in [-0.25, -0.2) is 10.9 Å². The molecule has 1 amide bonds. The number of hydrazine groups is 1. The fraction of sp³-hybridized carbons (Fsp3) is 0.409. The number of carbonyl (C=O) groups is 1. The molecule has 2 saturated heterocycles. The van der Waals surface area contributed by atoms with Crippen LogP contribution in [0.1, 0.15) is 18.0 Å². The number of amides is 1. The lowest BCUT2D eigenvalue weighted by atomic mass is 10.0. The highest BCUT2D eigenvalue weighted by Crippen LogP contribution is 2.23. The first-order valence-corrected chi connectivity index (χ1v) is 10.5. The number of benzene rings is 2. The van der Waals surface area contributed by atoms with Crippen LogP contribution >= 0.6 is 11.6 Å². The average molecular weight is 415 g/mol. The third kappa shape index (κ3) is 5.28. The van der Waals surface area contributed by atoms with Gasteiger partial charge in [-0.1, -0.05) is 41.9 Å². The fourth-order valence-corrected chi connectivity index (χ4v) is 3.98. The summed E-state index contributed by atoms with van der Waals surface area (Å²) in [6, 6.07) is 17.7. The molecule has 29 heavy (non-hydrogen) atoms. The summed E-state index contributed by atoms with van der Waals surface area (Å²) in [6.07, 6.45) is 0.776. The number of hydrogen-bond donors (Lipinski definition) is 2. The third-order valence-electron chi connectivity index (χ3n) is 5.58. The predicted molar refractivity (Wildman–Crippen MR) is 114 cm³/mol. The van der Waals surface area contributed by atoms with Crippen molar-refractivity contribution in [3.8, 4) is 5.75 Å². The van der Waals surface area contributed by atoms with E-state index in [2.05, 4.69) is 27.9 Å². The molecule has 0 bridgehead atoms. The molecule has 2 atom stereocenters.